The van der Waals surface area contributed by atoms with Gasteiger partial charge in [0.15, 0.2) is 0 Å². The molecule has 1 heterocycles. The summed E-state index contributed by atoms with van der Waals surface area (Å²) in [4.78, 5) is 25.7. The van der Waals surface area contributed by atoms with E-state index in [9.17, 15) is 9.59 Å². The molecule has 0 spiro atoms. The lowest BCUT2D eigenvalue weighted by Gasteiger charge is -2.41. The molecule has 1 aliphatic heterocycles. The Morgan fingerprint density at radius 1 is 1.56 bits per heavy atom. The van der Waals surface area contributed by atoms with E-state index >= 15 is 0 Å². The SMILES string of the molecule is CCNC(=O)C1COCCN1C1CCCC(=O)C1. The van der Waals surface area contributed by atoms with Gasteiger partial charge in [-0.1, -0.05) is 0 Å². The Balaban J connectivity index is 2.02. The van der Waals surface area contributed by atoms with Crippen LogP contribution in [0.25, 0.3) is 0 Å². The first-order valence-electron chi connectivity index (χ1n) is 6.85. The van der Waals surface area contributed by atoms with Crippen LogP contribution in [0.5, 0.6) is 0 Å². The Morgan fingerprint density at radius 3 is 3.11 bits per heavy atom. The summed E-state index contributed by atoms with van der Waals surface area (Å²) in [5.74, 6) is 0.350. The normalized spacial score (nSPS) is 30.2. The van der Waals surface area contributed by atoms with Crippen LogP contribution in [0.4, 0.5) is 0 Å². The van der Waals surface area contributed by atoms with Crippen LogP contribution < -0.4 is 5.32 Å². The van der Waals surface area contributed by atoms with E-state index < -0.39 is 0 Å². The fourth-order valence-electron chi connectivity index (χ4n) is 2.86. The minimum atomic E-state index is -0.227. The number of hydrogen-bond acceptors (Lipinski definition) is 4. The number of carbonyl (C=O) groups is 2. The monoisotopic (exact) mass is 254 g/mol. The zero-order valence-electron chi connectivity index (χ0n) is 11.0. The molecule has 2 fully saturated rings. The summed E-state index contributed by atoms with van der Waals surface area (Å²) in [5.41, 5.74) is 0. The third-order valence-electron chi connectivity index (χ3n) is 3.75. The Labute approximate surface area is 108 Å². The number of hydrogen-bond donors (Lipinski definition) is 1. The number of nitrogens with zero attached hydrogens (tertiary/aromatic N) is 1. The van der Waals surface area contributed by atoms with Crippen molar-refractivity contribution in [2.75, 3.05) is 26.3 Å². The first kappa shape index (κ1) is 13.5. The molecule has 1 N–H and O–H groups in total. The minimum absolute atomic E-state index is 0.0234. The number of rotatable bonds is 3. The maximum absolute atomic E-state index is 12.0. The lowest BCUT2D eigenvalue weighted by Crippen LogP contribution is -2.58. The summed E-state index contributed by atoms with van der Waals surface area (Å²) in [7, 11) is 0. The highest BCUT2D eigenvalue weighted by Crippen LogP contribution is 2.23. The molecule has 102 valence electrons. The number of morpholine rings is 1. The first-order valence-corrected chi connectivity index (χ1v) is 6.85. The van der Waals surface area contributed by atoms with Gasteiger partial charge in [0.2, 0.25) is 5.91 Å². The molecule has 0 aromatic heterocycles. The first-order chi connectivity index (χ1) is 8.72. The molecule has 2 unspecified atom stereocenters. The van der Waals surface area contributed by atoms with Crippen molar-refractivity contribution in [3.05, 3.63) is 0 Å². The molecule has 1 amide bonds. The topological polar surface area (TPSA) is 58.6 Å². The molecule has 2 aliphatic rings. The fraction of sp³-hybridized carbons (Fsp3) is 0.846. The predicted octanol–water partition coefficient (Wildman–Crippen LogP) is 0.335. The second-order valence-electron chi connectivity index (χ2n) is 5.01. The fourth-order valence-corrected chi connectivity index (χ4v) is 2.86. The van der Waals surface area contributed by atoms with Crippen LogP contribution in [0.3, 0.4) is 0 Å². The molecule has 1 saturated heterocycles. The standard InChI is InChI=1S/C13H22N2O3/c1-2-14-13(17)12-9-18-7-6-15(12)10-4-3-5-11(16)8-10/h10,12H,2-9H2,1H3,(H,14,17). The molecule has 2 rings (SSSR count). The molecule has 0 radical (unpaired) electrons. The van der Waals surface area contributed by atoms with Gasteiger partial charge in [-0.15, -0.1) is 0 Å². The van der Waals surface area contributed by atoms with Gasteiger partial charge in [-0.2, -0.15) is 0 Å². The van der Waals surface area contributed by atoms with Crippen LogP contribution in [0, 0.1) is 0 Å². The molecule has 18 heavy (non-hydrogen) atoms. The molecule has 0 bridgehead atoms. The molecular weight excluding hydrogens is 232 g/mol. The third-order valence-corrected chi connectivity index (χ3v) is 3.75. The van der Waals surface area contributed by atoms with Crippen LogP contribution >= 0.6 is 0 Å². The van der Waals surface area contributed by atoms with Crippen LogP contribution in [-0.4, -0.2) is 55.0 Å². The van der Waals surface area contributed by atoms with Gasteiger partial charge >= 0.3 is 0 Å². The summed E-state index contributed by atoms with van der Waals surface area (Å²) in [6, 6.07) is -0.00245. The highest BCUT2D eigenvalue weighted by Gasteiger charge is 2.35. The highest BCUT2D eigenvalue weighted by atomic mass is 16.5. The number of ether oxygens (including phenoxy) is 1. The van der Waals surface area contributed by atoms with Gasteiger partial charge < -0.3 is 10.1 Å². The number of nitrogens with one attached hydrogen (secondary N) is 1. The maximum atomic E-state index is 12.0. The summed E-state index contributed by atoms with van der Waals surface area (Å²) in [6.45, 7) is 4.39. The summed E-state index contributed by atoms with van der Waals surface area (Å²) in [5, 5.41) is 2.85. The van der Waals surface area contributed by atoms with Crippen LogP contribution in [0.15, 0.2) is 0 Å². The van der Waals surface area contributed by atoms with Gasteiger partial charge in [-0.3, -0.25) is 14.5 Å². The van der Waals surface area contributed by atoms with Gasteiger partial charge in [0.1, 0.15) is 11.8 Å². The van der Waals surface area contributed by atoms with Crippen LogP contribution in [0.2, 0.25) is 0 Å². The van der Waals surface area contributed by atoms with Crippen molar-refractivity contribution in [1.29, 1.82) is 0 Å². The van der Waals surface area contributed by atoms with Gasteiger partial charge in [0, 0.05) is 32.0 Å². The molecule has 5 heteroatoms. The van der Waals surface area contributed by atoms with Crippen molar-refractivity contribution in [3.63, 3.8) is 0 Å². The van der Waals surface area contributed by atoms with Crippen molar-refractivity contribution < 1.29 is 14.3 Å². The molecule has 0 aromatic rings. The largest absolute Gasteiger partial charge is 0.378 e. The zero-order valence-corrected chi connectivity index (χ0v) is 11.0. The molecule has 5 nitrogen and oxygen atoms in total. The molecule has 2 atom stereocenters. The Kier molecular flexibility index (Phi) is 4.72. The van der Waals surface area contributed by atoms with E-state index in [1.54, 1.807) is 0 Å². The van der Waals surface area contributed by atoms with E-state index in [-0.39, 0.29) is 18.0 Å². The molecule has 0 aromatic carbocycles. The maximum Gasteiger partial charge on any atom is 0.239 e. The van der Waals surface area contributed by atoms with Crippen molar-refractivity contribution in [2.24, 2.45) is 0 Å². The number of amides is 1. The van der Waals surface area contributed by atoms with Crippen molar-refractivity contribution in [3.8, 4) is 0 Å². The Hall–Kier alpha value is -0.940. The van der Waals surface area contributed by atoms with E-state index in [0.29, 0.717) is 38.4 Å². The van der Waals surface area contributed by atoms with E-state index in [2.05, 4.69) is 10.2 Å². The summed E-state index contributed by atoms with van der Waals surface area (Å²) < 4.78 is 5.41. The Morgan fingerprint density at radius 2 is 2.39 bits per heavy atom. The van der Waals surface area contributed by atoms with Crippen molar-refractivity contribution >= 4 is 11.7 Å². The summed E-state index contributed by atoms with van der Waals surface area (Å²) in [6.07, 6.45) is 3.26. The summed E-state index contributed by atoms with van der Waals surface area (Å²) >= 11 is 0. The Bertz CT molecular complexity index is 319. The lowest BCUT2D eigenvalue weighted by molar-refractivity contribution is -0.137. The van der Waals surface area contributed by atoms with Crippen LogP contribution in [-0.2, 0) is 14.3 Å². The van der Waals surface area contributed by atoms with E-state index in [0.717, 1.165) is 19.4 Å². The number of likely N-dealkylation sites (N-methyl/N-ethyl adjacent to an activating group) is 1. The van der Waals surface area contributed by atoms with E-state index in [1.165, 1.54) is 0 Å². The highest BCUT2D eigenvalue weighted by molar-refractivity contribution is 5.82. The van der Waals surface area contributed by atoms with E-state index in [1.807, 2.05) is 6.92 Å². The second-order valence-corrected chi connectivity index (χ2v) is 5.01. The smallest absolute Gasteiger partial charge is 0.239 e. The number of carbonyl (C=O) groups excluding carboxylic acids is 2. The molecular formula is C13H22N2O3. The van der Waals surface area contributed by atoms with E-state index in [4.69, 9.17) is 4.74 Å². The third kappa shape index (κ3) is 3.09. The van der Waals surface area contributed by atoms with Gasteiger partial charge in [-0.05, 0) is 19.8 Å². The number of Topliss-reactive ketones (excluding diaryl/α,β-unsaturated/α-hetero) is 1. The van der Waals surface area contributed by atoms with Crippen LogP contribution in [0.1, 0.15) is 32.6 Å². The second kappa shape index (κ2) is 6.29. The molecule has 1 saturated carbocycles. The van der Waals surface area contributed by atoms with Gasteiger partial charge in [0.05, 0.1) is 13.2 Å². The zero-order chi connectivity index (χ0) is 13.0. The van der Waals surface area contributed by atoms with Crippen molar-refractivity contribution in [2.45, 2.75) is 44.7 Å². The number of ketones is 1. The van der Waals surface area contributed by atoms with Gasteiger partial charge in [0.25, 0.3) is 0 Å². The predicted molar refractivity (Wildman–Crippen MR) is 67.3 cm³/mol. The minimum Gasteiger partial charge on any atom is -0.378 e. The lowest BCUT2D eigenvalue weighted by atomic mass is 9.91. The molecule has 1 aliphatic carbocycles. The quantitative estimate of drug-likeness (QED) is 0.789. The van der Waals surface area contributed by atoms with Gasteiger partial charge in [-0.25, -0.2) is 0 Å². The average Bonchev–Trinajstić information content (AvgIpc) is 2.39. The van der Waals surface area contributed by atoms with Crippen molar-refractivity contribution in [1.82, 2.24) is 10.2 Å². The average molecular weight is 254 g/mol.